The smallest absolute Gasteiger partial charge is 0.350 e. The highest BCUT2D eigenvalue weighted by Crippen LogP contribution is 2.09. The van der Waals surface area contributed by atoms with Crippen LogP contribution < -0.4 is 10.4 Å². The third kappa shape index (κ3) is 2.31. The summed E-state index contributed by atoms with van der Waals surface area (Å²) in [6.45, 7) is 4.48. The number of aromatic nitrogens is 2. The van der Waals surface area contributed by atoms with Gasteiger partial charge in [0.1, 0.15) is 0 Å². The van der Waals surface area contributed by atoms with Gasteiger partial charge in [-0.15, -0.1) is 0 Å². The highest BCUT2D eigenvalue weighted by molar-refractivity contribution is 5.20. The van der Waals surface area contributed by atoms with Crippen molar-refractivity contribution in [3.63, 3.8) is 0 Å². The summed E-state index contributed by atoms with van der Waals surface area (Å²) in [7, 11) is 1.67. The molecule has 4 heteroatoms. The van der Waals surface area contributed by atoms with Crippen LogP contribution in [0.1, 0.15) is 18.9 Å². The Labute approximate surface area is 77.2 Å². The van der Waals surface area contributed by atoms with Crippen molar-refractivity contribution >= 4 is 0 Å². The number of hydrogen-bond acceptors (Lipinski definition) is 3. The molecule has 1 rings (SSSR count). The predicted octanol–water partition coefficient (Wildman–Crippen LogP) is 0.878. The first kappa shape index (κ1) is 9.77. The molecular weight excluding hydrogens is 168 g/mol. The molecule has 0 aromatic carbocycles. The molecule has 1 heterocycles. The molecule has 0 unspecified atom stereocenters. The summed E-state index contributed by atoms with van der Waals surface area (Å²) in [4.78, 5) is 14.9. The maximum atomic E-state index is 11.1. The van der Waals surface area contributed by atoms with E-state index < -0.39 is 0 Å². The van der Waals surface area contributed by atoms with Gasteiger partial charge in [-0.3, -0.25) is 0 Å². The topological polar surface area (TPSA) is 44.1 Å². The summed E-state index contributed by atoms with van der Waals surface area (Å²) in [6.07, 6.45) is 2.64. The summed E-state index contributed by atoms with van der Waals surface area (Å²) in [5.41, 5.74) is 0.604. The number of ether oxygens (including phenoxy) is 1. The highest BCUT2D eigenvalue weighted by Gasteiger charge is 2.02. The first-order valence-corrected chi connectivity index (χ1v) is 4.32. The average molecular weight is 182 g/mol. The fourth-order valence-corrected chi connectivity index (χ4v) is 1.000. The first-order valence-electron chi connectivity index (χ1n) is 4.32. The molecular formula is C9H14N2O2. The van der Waals surface area contributed by atoms with Crippen molar-refractivity contribution in [1.82, 2.24) is 9.55 Å². The SMILES string of the molecule is CCCOc1nc(=O)n(C)cc1C. The fraction of sp³-hybridized carbons (Fsp3) is 0.556. The number of rotatable bonds is 3. The fourth-order valence-electron chi connectivity index (χ4n) is 1.000. The number of hydrogen-bond donors (Lipinski definition) is 0. The number of nitrogens with zero attached hydrogens (tertiary/aromatic N) is 2. The minimum atomic E-state index is -0.281. The molecule has 0 N–H and O–H groups in total. The zero-order valence-electron chi connectivity index (χ0n) is 8.20. The molecule has 0 saturated carbocycles. The molecule has 0 radical (unpaired) electrons. The third-order valence-corrected chi connectivity index (χ3v) is 1.67. The molecule has 4 nitrogen and oxygen atoms in total. The van der Waals surface area contributed by atoms with Crippen LogP contribution in [0.2, 0.25) is 0 Å². The van der Waals surface area contributed by atoms with Gasteiger partial charge in [0.25, 0.3) is 0 Å². The third-order valence-electron chi connectivity index (χ3n) is 1.67. The van der Waals surface area contributed by atoms with Crippen molar-refractivity contribution in [2.24, 2.45) is 7.05 Å². The van der Waals surface area contributed by atoms with Crippen molar-refractivity contribution in [1.29, 1.82) is 0 Å². The van der Waals surface area contributed by atoms with Crippen LogP contribution >= 0.6 is 0 Å². The lowest BCUT2D eigenvalue weighted by Gasteiger charge is -2.06. The van der Waals surface area contributed by atoms with Gasteiger partial charge in [-0.25, -0.2) is 4.79 Å². The molecule has 0 spiro atoms. The van der Waals surface area contributed by atoms with Crippen LogP contribution in [0.25, 0.3) is 0 Å². The van der Waals surface area contributed by atoms with E-state index in [2.05, 4.69) is 4.98 Å². The Hall–Kier alpha value is -1.32. The van der Waals surface area contributed by atoms with Crippen molar-refractivity contribution in [2.75, 3.05) is 6.61 Å². The lowest BCUT2D eigenvalue weighted by molar-refractivity contribution is 0.300. The van der Waals surface area contributed by atoms with Gasteiger partial charge in [-0.05, 0) is 13.3 Å². The van der Waals surface area contributed by atoms with Crippen LogP contribution in [0.5, 0.6) is 5.88 Å². The molecule has 1 aromatic heterocycles. The summed E-state index contributed by atoms with van der Waals surface area (Å²) in [5, 5.41) is 0. The van der Waals surface area contributed by atoms with E-state index in [1.165, 1.54) is 4.57 Å². The lowest BCUT2D eigenvalue weighted by atomic mass is 10.4. The first-order chi connectivity index (χ1) is 6.15. The summed E-state index contributed by atoms with van der Waals surface area (Å²) < 4.78 is 6.74. The van der Waals surface area contributed by atoms with Crippen LogP contribution in [0.3, 0.4) is 0 Å². The zero-order chi connectivity index (χ0) is 9.84. The van der Waals surface area contributed by atoms with E-state index in [1.807, 2.05) is 13.8 Å². The van der Waals surface area contributed by atoms with E-state index in [9.17, 15) is 4.79 Å². The van der Waals surface area contributed by atoms with Gasteiger partial charge in [-0.2, -0.15) is 4.98 Å². The summed E-state index contributed by atoms with van der Waals surface area (Å²) in [6, 6.07) is 0. The molecule has 0 fully saturated rings. The van der Waals surface area contributed by atoms with Crippen LogP contribution in [-0.2, 0) is 7.05 Å². The van der Waals surface area contributed by atoms with Gasteiger partial charge < -0.3 is 9.30 Å². The van der Waals surface area contributed by atoms with Crippen molar-refractivity contribution in [3.8, 4) is 5.88 Å². The quantitative estimate of drug-likeness (QED) is 0.697. The Bertz CT molecular complexity index is 344. The molecule has 13 heavy (non-hydrogen) atoms. The Kier molecular flexibility index (Phi) is 3.06. The molecule has 0 bridgehead atoms. The van der Waals surface area contributed by atoms with E-state index in [0.29, 0.717) is 12.5 Å². The molecule has 1 aromatic rings. The Morgan fingerprint density at radius 2 is 2.31 bits per heavy atom. The van der Waals surface area contributed by atoms with Crippen molar-refractivity contribution in [2.45, 2.75) is 20.3 Å². The van der Waals surface area contributed by atoms with Gasteiger partial charge in [0.15, 0.2) is 0 Å². The molecule has 0 aliphatic heterocycles. The van der Waals surface area contributed by atoms with E-state index in [1.54, 1.807) is 13.2 Å². The Balaban J connectivity index is 2.95. The van der Waals surface area contributed by atoms with E-state index in [4.69, 9.17) is 4.74 Å². The molecule has 0 aliphatic rings. The van der Waals surface area contributed by atoms with E-state index in [0.717, 1.165) is 12.0 Å². The van der Waals surface area contributed by atoms with Gasteiger partial charge in [0.2, 0.25) is 5.88 Å². The minimum absolute atomic E-state index is 0.281. The van der Waals surface area contributed by atoms with Crippen LogP contribution in [0.4, 0.5) is 0 Å². The molecule has 0 atom stereocenters. The Morgan fingerprint density at radius 1 is 1.62 bits per heavy atom. The zero-order valence-corrected chi connectivity index (χ0v) is 8.20. The second-order valence-corrected chi connectivity index (χ2v) is 2.97. The second kappa shape index (κ2) is 4.07. The van der Waals surface area contributed by atoms with E-state index in [-0.39, 0.29) is 5.69 Å². The van der Waals surface area contributed by atoms with Crippen LogP contribution in [0.15, 0.2) is 11.0 Å². The number of aryl methyl sites for hydroxylation is 2. The monoisotopic (exact) mass is 182 g/mol. The van der Waals surface area contributed by atoms with Crippen LogP contribution in [0, 0.1) is 6.92 Å². The summed E-state index contributed by atoms with van der Waals surface area (Å²) in [5.74, 6) is 0.449. The minimum Gasteiger partial charge on any atom is -0.477 e. The van der Waals surface area contributed by atoms with Crippen LogP contribution in [-0.4, -0.2) is 16.2 Å². The second-order valence-electron chi connectivity index (χ2n) is 2.97. The molecule has 0 amide bonds. The average Bonchev–Trinajstić information content (AvgIpc) is 2.09. The van der Waals surface area contributed by atoms with Gasteiger partial charge in [-0.1, -0.05) is 6.92 Å². The van der Waals surface area contributed by atoms with Gasteiger partial charge >= 0.3 is 5.69 Å². The lowest BCUT2D eigenvalue weighted by Crippen LogP contribution is -2.21. The Morgan fingerprint density at radius 3 is 2.92 bits per heavy atom. The normalized spacial score (nSPS) is 10.1. The van der Waals surface area contributed by atoms with Crippen molar-refractivity contribution < 1.29 is 4.74 Å². The van der Waals surface area contributed by atoms with E-state index >= 15 is 0 Å². The molecule has 72 valence electrons. The summed E-state index contributed by atoms with van der Waals surface area (Å²) >= 11 is 0. The van der Waals surface area contributed by atoms with Crippen molar-refractivity contribution in [3.05, 3.63) is 22.2 Å². The maximum Gasteiger partial charge on any atom is 0.350 e. The molecule has 0 aliphatic carbocycles. The largest absolute Gasteiger partial charge is 0.477 e. The predicted molar refractivity (Wildman–Crippen MR) is 50.0 cm³/mol. The highest BCUT2D eigenvalue weighted by atomic mass is 16.5. The van der Waals surface area contributed by atoms with Gasteiger partial charge in [0.05, 0.1) is 6.61 Å². The van der Waals surface area contributed by atoms with Gasteiger partial charge in [0, 0.05) is 18.8 Å². The maximum absolute atomic E-state index is 11.1. The molecule has 0 saturated heterocycles. The standard InChI is InChI=1S/C9H14N2O2/c1-4-5-13-8-7(2)6-11(3)9(12)10-8/h6H,4-5H2,1-3H3.